The van der Waals surface area contributed by atoms with Crippen LogP contribution in [-0.4, -0.2) is 51.0 Å². The third kappa shape index (κ3) is 3.73. The molecule has 1 amide bonds. The molecule has 0 aromatic carbocycles. The topological polar surface area (TPSA) is 96.7 Å². The highest BCUT2D eigenvalue weighted by Crippen LogP contribution is 2.28. The number of piperidine rings is 1. The quantitative estimate of drug-likeness (QED) is 0.815. The van der Waals surface area contributed by atoms with Crippen molar-refractivity contribution in [2.75, 3.05) is 25.9 Å². The Morgan fingerprint density at radius 1 is 1.27 bits per heavy atom. The van der Waals surface area contributed by atoms with Gasteiger partial charge < -0.3 is 15.7 Å². The molecule has 3 heterocycles. The molecule has 2 aromatic rings. The van der Waals surface area contributed by atoms with E-state index in [9.17, 15) is 4.79 Å². The Hall–Kier alpha value is -2.15. The van der Waals surface area contributed by atoms with Crippen LogP contribution in [0.15, 0.2) is 18.6 Å². The average molecular weight is 307 g/mol. The molecule has 0 atom stereocenters. The Labute approximate surface area is 130 Å². The number of aromatic nitrogens is 3. The lowest BCUT2D eigenvalue weighted by Gasteiger charge is -2.28. The van der Waals surface area contributed by atoms with Gasteiger partial charge >= 0.3 is 0 Å². The standard InChI is InChI=1S/C12H15N5O.C2H6.CH4O/c13-11-12-15-7-10(17(12)6-3-14-11)9-1-4-16(8-18)5-2-9;2*1-2/h3,6-9H,1-2,4-5H2,(H2,13,14);1-2H3;2H,1H3. The fourth-order valence-corrected chi connectivity index (χ4v) is 2.56. The van der Waals surface area contributed by atoms with Crippen LogP contribution in [0.4, 0.5) is 5.82 Å². The minimum Gasteiger partial charge on any atom is -0.400 e. The number of carbonyl (C=O) groups excluding carboxylic acids is 1. The molecule has 0 spiro atoms. The van der Waals surface area contributed by atoms with E-state index >= 15 is 0 Å². The molecule has 3 rings (SSSR count). The number of rotatable bonds is 2. The van der Waals surface area contributed by atoms with Crippen molar-refractivity contribution in [1.29, 1.82) is 0 Å². The van der Waals surface area contributed by atoms with Crippen molar-refractivity contribution in [3.05, 3.63) is 24.3 Å². The van der Waals surface area contributed by atoms with Crippen LogP contribution in [-0.2, 0) is 4.79 Å². The van der Waals surface area contributed by atoms with E-state index in [1.807, 2.05) is 35.5 Å². The molecule has 2 aromatic heterocycles. The van der Waals surface area contributed by atoms with Gasteiger partial charge in [-0.3, -0.25) is 9.20 Å². The first-order chi connectivity index (χ1) is 10.8. The summed E-state index contributed by atoms with van der Waals surface area (Å²) in [5, 5.41) is 7.00. The molecule has 0 unspecified atom stereocenters. The highest BCUT2D eigenvalue weighted by molar-refractivity contribution is 5.60. The van der Waals surface area contributed by atoms with Crippen LogP contribution in [0, 0.1) is 0 Å². The smallest absolute Gasteiger partial charge is 0.209 e. The first-order valence-electron chi connectivity index (χ1n) is 7.51. The van der Waals surface area contributed by atoms with Crippen LogP contribution in [0.2, 0.25) is 0 Å². The van der Waals surface area contributed by atoms with Gasteiger partial charge in [-0.05, 0) is 12.8 Å². The molecule has 0 bridgehead atoms. The van der Waals surface area contributed by atoms with Crippen LogP contribution >= 0.6 is 0 Å². The van der Waals surface area contributed by atoms with Crippen molar-refractivity contribution in [3.63, 3.8) is 0 Å². The fraction of sp³-hybridized carbons (Fsp3) is 0.533. The van der Waals surface area contributed by atoms with Gasteiger partial charge in [0.05, 0.1) is 0 Å². The minimum atomic E-state index is 0.429. The summed E-state index contributed by atoms with van der Waals surface area (Å²) >= 11 is 0. The van der Waals surface area contributed by atoms with Gasteiger partial charge in [-0.1, -0.05) is 13.8 Å². The van der Waals surface area contributed by atoms with Crippen LogP contribution < -0.4 is 5.73 Å². The Bertz CT molecular complexity index is 576. The highest BCUT2D eigenvalue weighted by atomic mass is 16.2. The molecule has 1 aliphatic rings. The van der Waals surface area contributed by atoms with E-state index in [2.05, 4.69) is 9.97 Å². The summed E-state index contributed by atoms with van der Waals surface area (Å²) in [6, 6.07) is 0. The number of nitrogens with two attached hydrogens (primary N) is 1. The molecule has 3 N–H and O–H groups in total. The van der Waals surface area contributed by atoms with Crippen molar-refractivity contribution < 1.29 is 9.90 Å². The third-order valence-electron chi connectivity index (χ3n) is 3.58. The second kappa shape index (κ2) is 8.99. The predicted molar refractivity (Wildman–Crippen MR) is 86.5 cm³/mol. The number of aliphatic hydroxyl groups is 1. The van der Waals surface area contributed by atoms with Crippen LogP contribution in [0.3, 0.4) is 0 Å². The van der Waals surface area contributed by atoms with Crippen molar-refractivity contribution in [1.82, 2.24) is 19.3 Å². The summed E-state index contributed by atoms with van der Waals surface area (Å²) < 4.78 is 2.00. The summed E-state index contributed by atoms with van der Waals surface area (Å²) in [6.07, 6.45) is 8.30. The summed E-state index contributed by atoms with van der Waals surface area (Å²) in [5.41, 5.74) is 7.66. The van der Waals surface area contributed by atoms with E-state index in [-0.39, 0.29) is 0 Å². The number of hydrogen-bond acceptors (Lipinski definition) is 5. The van der Waals surface area contributed by atoms with Gasteiger partial charge in [-0.15, -0.1) is 0 Å². The zero-order valence-corrected chi connectivity index (χ0v) is 13.4. The summed E-state index contributed by atoms with van der Waals surface area (Å²) in [5.74, 6) is 0.882. The monoisotopic (exact) mass is 307 g/mol. The first-order valence-corrected chi connectivity index (χ1v) is 7.51. The van der Waals surface area contributed by atoms with Gasteiger partial charge in [0.25, 0.3) is 0 Å². The maximum atomic E-state index is 10.7. The normalized spacial score (nSPS) is 14.6. The SMILES string of the molecule is CC.CO.Nc1nccn2c(C3CCN(C=O)CC3)cnc12. The van der Waals surface area contributed by atoms with Crippen LogP contribution in [0.25, 0.3) is 5.65 Å². The molecule has 1 fully saturated rings. The second-order valence-electron chi connectivity index (χ2n) is 4.60. The van der Waals surface area contributed by atoms with Gasteiger partial charge in [0, 0.05) is 50.4 Å². The average Bonchev–Trinajstić information content (AvgIpc) is 3.04. The number of amides is 1. The zero-order valence-electron chi connectivity index (χ0n) is 13.4. The minimum absolute atomic E-state index is 0.429. The molecule has 0 aliphatic carbocycles. The molecule has 1 saturated heterocycles. The van der Waals surface area contributed by atoms with E-state index in [1.54, 1.807) is 6.20 Å². The van der Waals surface area contributed by atoms with Crippen molar-refractivity contribution in [2.24, 2.45) is 0 Å². The van der Waals surface area contributed by atoms with E-state index < -0.39 is 0 Å². The Balaban J connectivity index is 0.000000561. The number of aliphatic hydroxyl groups excluding tert-OH is 1. The summed E-state index contributed by atoms with van der Waals surface area (Å²) in [6.45, 7) is 5.62. The fourth-order valence-electron chi connectivity index (χ4n) is 2.56. The number of nitrogens with zero attached hydrogens (tertiary/aromatic N) is 4. The van der Waals surface area contributed by atoms with E-state index in [4.69, 9.17) is 10.8 Å². The van der Waals surface area contributed by atoms with Gasteiger partial charge in [-0.25, -0.2) is 9.97 Å². The molecule has 0 radical (unpaired) electrons. The molecular weight excluding hydrogens is 282 g/mol. The molecule has 122 valence electrons. The Morgan fingerprint density at radius 2 is 1.91 bits per heavy atom. The molecule has 7 heteroatoms. The molecule has 1 aliphatic heterocycles. The van der Waals surface area contributed by atoms with Crippen LogP contribution in [0.1, 0.15) is 38.3 Å². The van der Waals surface area contributed by atoms with Gasteiger partial charge in [0.15, 0.2) is 11.5 Å². The number of nitrogen functional groups attached to an aromatic ring is 1. The van der Waals surface area contributed by atoms with Gasteiger partial charge in [0.1, 0.15) is 0 Å². The number of carbonyl (C=O) groups is 1. The largest absolute Gasteiger partial charge is 0.400 e. The Morgan fingerprint density at radius 3 is 2.50 bits per heavy atom. The zero-order chi connectivity index (χ0) is 16.5. The number of likely N-dealkylation sites (tertiary alicyclic amines) is 1. The van der Waals surface area contributed by atoms with E-state index in [0.717, 1.165) is 45.1 Å². The predicted octanol–water partition coefficient (Wildman–Crippen LogP) is 1.28. The molecule has 22 heavy (non-hydrogen) atoms. The van der Waals surface area contributed by atoms with Gasteiger partial charge in [0.2, 0.25) is 6.41 Å². The molecule has 7 nitrogen and oxygen atoms in total. The van der Waals surface area contributed by atoms with E-state index in [1.165, 1.54) is 0 Å². The lowest BCUT2D eigenvalue weighted by molar-refractivity contribution is -0.119. The maximum Gasteiger partial charge on any atom is 0.209 e. The van der Waals surface area contributed by atoms with Crippen molar-refractivity contribution in [2.45, 2.75) is 32.6 Å². The van der Waals surface area contributed by atoms with E-state index in [0.29, 0.717) is 17.4 Å². The number of hydrogen-bond donors (Lipinski definition) is 2. The van der Waals surface area contributed by atoms with Crippen molar-refractivity contribution >= 4 is 17.9 Å². The third-order valence-corrected chi connectivity index (χ3v) is 3.58. The molecule has 0 saturated carbocycles. The summed E-state index contributed by atoms with van der Waals surface area (Å²) in [7, 11) is 1.00. The van der Waals surface area contributed by atoms with Crippen LogP contribution in [0.5, 0.6) is 0 Å². The maximum absolute atomic E-state index is 10.7. The summed E-state index contributed by atoms with van der Waals surface area (Å²) in [4.78, 5) is 20.9. The number of anilines is 1. The molecular formula is C15H25N5O2. The van der Waals surface area contributed by atoms with Gasteiger partial charge in [-0.2, -0.15) is 0 Å². The highest BCUT2D eigenvalue weighted by Gasteiger charge is 2.22. The van der Waals surface area contributed by atoms with Crippen molar-refractivity contribution in [3.8, 4) is 0 Å². The lowest BCUT2D eigenvalue weighted by atomic mass is 9.94. The second-order valence-corrected chi connectivity index (χ2v) is 4.60. The lowest BCUT2D eigenvalue weighted by Crippen LogP contribution is -2.31. The number of fused-ring (bicyclic) bond motifs is 1. The first kappa shape index (κ1) is 17.9. The Kier molecular flexibility index (Phi) is 7.31. The number of imidazole rings is 1.